The van der Waals surface area contributed by atoms with E-state index in [2.05, 4.69) is 10.3 Å². The lowest BCUT2D eigenvalue weighted by Gasteiger charge is -2.32. The third-order valence-electron chi connectivity index (χ3n) is 4.36. The Balaban J connectivity index is 1.55. The second-order valence-corrected chi connectivity index (χ2v) is 6.38. The van der Waals surface area contributed by atoms with E-state index < -0.39 is 6.09 Å². The van der Waals surface area contributed by atoms with Crippen LogP contribution in [0.3, 0.4) is 0 Å². The Morgan fingerprint density at radius 1 is 1.25 bits per heavy atom. The average Bonchev–Trinajstić information content (AvgIpc) is 2.68. The lowest BCUT2D eigenvalue weighted by Crippen LogP contribution is -2.41. The fourth-order valence-electron chi connectivity index (χ4n) is 3.01. The van der Waals surface area contributed by atoms with Gasteiger partial charge in [0.05, 0.1) is 6.61 Å². The maximum absolute atomic E-state index is 12.8. The minimum absolute atomic E-state index is 0.00988. The summed E-state index contributed by atoms with van der Waals surface area (Å²) in [5.74, 6) is 0.931. The number of ether oxygens (including phenoxy) is 2. The maximum atomic E-state index is 12.8. The Bertz CT molecular complexity index is 834. The monoisotopic (exact) mass is 385 g/mol. The molecule has 0 aliphatic carbocycles. The highest BCUT2D eigenvalue weighted by molar-refractivity contribution is 5.95. The van der Waals surface area contributed by atoms with Gasteiger partial charge in [-0.1, -0.05) is 6.07 Å². The van der Waals surface area contributed by atoms with E-state index in [9.17, 15) is 14.7 Å². The van der Waals surface area contributed by atoms with Gasteiger partial charge in [0.2, 0.25) is 0 Å². The molecule has 1 aromatic carbocycles. The van der Waals surface area contributed by atoms with E-state index >= 15 is 0 Å². The first kappa shape index (κ1) is 19.5. The highest BCUT2D eigenvalue weighted by Gasteiger charge is 2.25. The van der Waals surface area contributed by atoms with Gasteiger partial charge in [0.1, 0.15) is 23.4 Å². The molecule has 0 spiro atoms. The van der Waals surface area contributed by atoms with Gasteiger partial charge < -0.3 is 19.5 Å². The minimum Gasteiger partial charge on any atom is -0.508 e. The number of pyridine rings is 1. The third kappa shape index (κ3) is 5.12. The summed E-state index contributed by atoms with van der Waals surface area (Å²) in [6.45, 7) is 3.08. The van der Waals surface area contributed by atoms with Crippen LogP contribution in [0, 0.1) is 0 Å². The van der Waals surface area contributed by atoms with Crippen molar-refractivity contribution >= 4 is 17.8 Å². The van der Waals surface area contributed by atoms with Crippen molar-refractivity contribution in [3.8, 4) is 11.5 Å². The first-order chi connectivity index (χ1) is 13.5. The molecule has 1 aliphatic rings. The third-order valence-corrected chi connectivity index (χ3v) is 4.36. The zero-order chi connectivity index (χ0) is 19.9. The molecular formula is C20H23N3O5. The number of rotatable bonds is 5. The van der Waals surface area contributed by atoms with Gasteiger partial charge in [-0.3, -0.25) is 10.1 Å². The molecule has 2 heterocycles. The largest absolute Gasteiger partial charge is 0.508 e. The predicted molar refractivity (Wildman–Crippen MR) is 103 cm³/mol. The Labute approximate surface area is 163 Å². The Morgan fingerprint density at radius 3 is 2.75 bits per heavy atom. The lowest BCUT2D eigenvalue weighted by molar-refractivity contribution is 0.0595. The van der Waals surface area contributed by atoms with E-state index in [0.717, 1.165) is 0 Å². The van der Waals surface area contributed by atoms with Crippen LogP contribution in [0.5, 0.6) is 11.5 Å². The van der Waals surface area contributed by atoms with Crippen LogP contribution in [0.4, 0.5) is 10.6 Å². The van der Waals surface area contributed by atoms with Crippen LogP contribution >= 0.6 is 0 Å². The van der Waals surface area contributed by atoms with Crippen LogP contribution in [-0.4, -0.2) is 52.8 Å². The molecule has 0 bridgehead atoms. The van der Waals surface area contributed by atoms with Crippen molar-refractivity contribution in [1.29, 1.82) is 0 Å². The summed E-state index contributed by atoms with van der Waals surface area (Å²) < 4.78 is 10.7. The van der Waals surface area contributed by atoms with Crippen molar-refractivity contribution in [2.24, 2.45) is 0 Å². The standard InChI is InChI=1S/C20H23N3O5/c1-2-27-20(26)22-18-12-14(6-9-21-18)19(25)23-10-7-16(8-11-23)28-17-5-3-4-15(24)13-17/h3-6,9,12-13,16,24H,2,7-8,10-11H2,1H3,(H,21,22,26). The molecule has 0 radical (unpaired) electrons. The summed E-state index contributed by atoms with van der Waals surface area (Å²) in [5.41, 5.74) is 0.453. The zero-order valence-electron chi connectivity index (χ0n) is 15.6. The summed E-state index contributed by atoms with van der Waals surface area (Å²) >= 11 is 0. The molecule has 148 valence electrons. The van der Waals surface area contributed by atoms with E-state index in [0.29, 0.717) is 37.2 Å². The van der Waals surface area contributed by atoms with Crippen molar-refractivity contribution in [1.82, 2.24) is 9.88 Å². The van der Waals surface area contributed by atoms with E-state index in [1.807, 2.05) is 0 Å². The SMILES string of the molecule is CCOC(=O)Nc1cc(C(=O)N2CCC(Oc3cccc(O)c3)CC2)ccn1. The smallest absolute Gasteiger partial charge is 0.412 e. The van der Waals surface area contributed by atoms with Crippen LogP contribution in [0.1, 0.15) is 30.1 Å². The molecule has 2 N–H and O–H groups in total. The first-order valence-electron chi connectivity index (χ1n) is 9.20. The van der Waals surface area contributed by atoms with E-state index in [1.165, 1.54) is 12.3 Å². The van der Waals surface area contributed by atoms with Gasteiger partial charge in [-0.05, 0) is 31.2 Å². The van der Waals surface area contributed by atoms with Crippen LogP contribution in [0.15, 0.2) is 42.6 Å². The van der Waals surface area contributed by atoms with Crippen LogP contribution < -0.4 is 10.1 Å². The fourth-order valence-corrected chi connectivity index (χ4v) is 3.01. The maximum Gasteiger partial charge on any atom is 0.412 e. The number of phenolic OH excluding ortho intramolecular Hbond substituents is 1. The fraction of sp³-hybridized carbons (Fsp3) is 0.350. The number of phenols is 1. The lowest BCUT2D eigenvalue weighted by atomic mass is 10.1. The number of carbonyl (C=O) groups excluding carboxylic acids is 2. The van der Waals surface area contributed by atoms with E-state index in [-0.39, 0.29) is 30.2 Å². The molecule has 1 fully saturated rings. The molecule has 1 aliphatic heterocycles. The second kappa shape index (κ2) is 9.07. The molecule has 28 heavy (non-hydrogen) atoms. The number of benzene rings is 1. The average molecular weight is 385 g/mol. The van der Waals surface area contributed by atoms with Crippen molar-refractivity contribution in [2.75, 3.05) is 25.0 Å². The van der Waals surface area contributed by atoms with Gasteiger partial charge in [-0.2, -0.15) is 0 Å². The molecule has 3 rings (SSSR count). The summed E-state index contributed by atoms with van der Waals surface area (Å²) in [6.07, 6.45) is 2.25. The van der Waals surface area contributed by atoms with Crippen LogP contribution in [0.25, 0.3) is 0 Å². The molecule has 2 aromatic rings. The highest BCUT2D eigenvalue weighted by Crippen LogP contribution is 2.23. The number of anilines is 1. The number of piperidine rings is 1. The highest BCUT2D eigenvalue weighted by atomic mass is 16.5. The molecule has 1 aromatic heterocycles. The van der Waals surface area contributed by atoms with Gasteiger partial charge in [0, 0.05) is 43.8 Å². The van der Waals surface area contributed by atoms with Gasteiger partial charge in [-0.15, -0.1) is 0 Å². The molecule has 2 amide bonds. The van der Waals surface area contributed by atoms with Crippen molar-refractivity contribution in [3.05, 3.63) is 48.2 Å². The van der Waals surface area contributed by atoms with Crippen molar-refractivity contribution in [2.45, 2.75) is 25.9 Å². The number of aromatic hydroxyl groups is 1. The van der Waals surface area contributed by atoms with Gasteiger partial charge in [-0.25, -0.2) is 9.78 Å². The van der Waals surface area contributed by atoms with Crippen molar-refractivity contribution < 1.29 is 24.2 Å². The molecule has 0 unspecified atom stereocenters. The van der Waals surface area contributed by atoms with Crippen LogP contribution in [-0.2, 0) is 4.74 Å². The second-order valence-electron chi connectivity index (χ2n) is 6.38. The number of nitrogens with one attached hydrogen (secondary N) is 1. The summed E-state index contributed by atoms with van der Waals surface area (Å²) in [5, 5.41) is 12.0. The number of carbonyl (C=O) groups is 2. The number of amides is 2. The molecule has 8 nitrogen and oxygen atoms in total. The zero-order valence-corrected chi connectivity index (χ0v) is 15.6. The molecule has 0 saturated carbocycles. The summed E-state index contributed by atoms with van der Waals surface area (Å²) in [4.78, 5) is 30.0. The Morgan fingerprint density at radius 2 is 2.04 bits per heavy atom. The van der Waals surface area contributed by atoms with E-state index in [4.69, 9.17) is 9.47 Å². The Kier molecular flexibility index (Phi) is 6.31. The summed E-state index contributed by atoms with van der Waals surface area (Å²) in [6, 6.07) is 9.85. The van der Waals surface area contributed by atoms with Crippen molar-refractivity contribution in [3.63, 3.8) is 0 Å². The molecule has 0 atom stereocenters. The minimum atomic E-state index is -0.607. The summed E-state index contributed by atoms with van der Waals surface area (Å²) in [7, 11) is 0. The normalized spacial score (nSPS) is 14.4. The number of hydrogen-bond donors (Lipinski definition) is 2. The van der Waals surface area contributed by atoms with Gasteiger partial charge in [0.15, 0.2) is 0 Å². The number of nitrogens with zero attached hydrogens (tertiary/aromatic N) is 2. The topological polar surface area (TPSA) is 101 Å². The quantitative estimate of drug-likeness (QED) is 0.820. The molecular weight excluding hydrogens is 362 g/mol. The van der Waals surface area contributed by atoms with E-state index in [1.54, 1.807) is 42.2 Å². The number of likely N-dealkylation sites (tertiary alicyclic amines) is 1. The van der Waals surface area contributed by atoms with Gasteiger partial charge >= 0.3 is 6.09 Å². The van der Waals surface area contributed by atoms with Crippen LogP contribution in [0.2, 0.25) is 0 Å². The number of aromatic nitrogens is 1. The number of hydrogen-bond acceptors (Lipinski definition) is 6. The Hall–Kier alpha value is -3.29. The molecule has 8 heteroatoms. The van der Waals surface area contributed by atoms with Gasteiger partial charge in [0.25, 0.3) is 5.91 Å². The molecule has 1 saturated heterocycles. The predicted octanol–water partition coefficient (Wildman–Crippen LogP) is 3.04. The first-order valence-corrected chi connectivity index (χ1v) is 9.20.